The molecule has 0 saturated carbocycles. The van der Waals surface area contributed by atoms with Gasteiger partial charge in [0.05, 0.1) is 0 Å². The molecule has 0 spiro atoms. The Bertz CT molecular complexity index is 1180. The van der Waals surface area contributed by atoms with Gasteiger partial charge in [-0.15, -0.1) is 0 Å². The molecule has 1 atom stereocenters. The van der Waals surface area contributed by atoms with Gasteiger partial charge < -0.3 is 15.0 Å². The summed E-state index contributed by atoms with van der Waals surface area (Å²) in [5.74, 6) is 0.479. The SMILES string of the molecule is CCCCNC(=O)[C@@H](Cc1ccccc1)N(Cc1ccc(Cl)cc1Cl)C(=O)COc1ccc(C(C)C)cc1. The lowest BCUT2D eigenvalue weighted by Crippen LogP contribution is -2.51. The van der Waals surface area contributed by atoms with E-state index >= 15 is 0 Å². The summed E-state index contributed by atoms with van der Waals surface area (Å²) in [6, 6.07) is 21.8. The van der Waals surface area contributed by atoms with E-state index in [1.807, 2.05) is 54.6 Å². The molecule has 0 heterocycles. The Kier molecular flexibility index (Phi) is 11.5. The number of unbranched alkanes of at least 4 members (excludes halogenated alkanes) is 1. The average molecular weight is 556 g/mol. The molecule has 7 heteroatoms. The van der Waals surface area contributed by atoms with Crippen molar-refractivity contribution in [2.75, 3.05) is 13.2 Å². The third kappa shape index (κ3) is 8.78. The highest BCUT2D eigenvalue weighted by Gasteiger charge is 2.31. The summed E-state index contributed by atoms with van der Waals surface area (Å²) in [4.78, 5) is 28.7. The molecule has 5 nitrogen and oxygen atoms in total. The van der Waals surface area contributed by atoms with Crippen molar-refractivity contribution in [1.82, 2.24) is 10.2 Å². The minimum absolute atomic E-state index is 0.142. The standard InChI is InChI=1S/C31H36Cl2N2O3/c1-4-5-17-34-31(37)29(18-23-9-7-6-8-10-23)35(20-25-11-14-26(32)19-28(25)33)30(36)21-38-27-15-12-24(13-16-27)22(2)3/h6-16,19,22,29H,4-5,17-18,20-21H2,1-3H3,(H,34,37)/t29-/m1/s1. The van der Waals surface area contributed by atoms with Crippen LogP contribution in [0.15, 0.2) is 72.8 Å². The fourth-order valence-corrected chi connectivity index (χ4v) is 4.54. The zero-order valence-electron chi connectivity index (χ0n) is 22.3. The van der Waals surface area contributed by atoms with Crippen molar-refractivity contribution in [2.24, 2.45) is 0 Å². The maximum absolute atomic E-state index is 13.7. The summed E-state index contributed by atoms with van der Waals surface area (Å²) in [7, 11) is 0. The molecule has 0 unspecified atom stereocenters. The van der Waals surface area contributed by atoms with E-state index < -0.39 is 6.04 Å². The Balaban J connectivity index is 1.89. The summed E-state index contributed by atoms with van der Waals surface area (Å²) >= 11 is 12.6. The fourth-order valence-electron chi connectivity index (χ4n) is 4.07. The molecule has 0 radical (unpaired) electrons. The van der Waals surface area contributed by atoms with Crippen LogP contribution in [0, 0.1) is 0 Å². The largest absolute Gasteiger partial charge is 0.484 e. The number of nitrogens with zero attached hydrogens (tertiary/aromatic N) is 1. The van der Waals surface area contributed by atoms with E-state index in [0.29, 0.717) is 40.2 Å². The summed E-state index contributed by atoms with van der Waals surface area (Å²) in [5, 5.41) is 3.95. The van der Waals surface area contributed by atoms with E-state index in [1.165, 1.54) is 5.56 Å². The van der Waals surface area contributed by atoms with Gasteiger partial charge in [-0.2, -0.15) is 0 Å². The second-order valence-electron chi connectivity index (χ2n) is 9.62. The van der Waals surface area contributed by atoms with E-state index in [0.717, 1.165) is 18.4 Å². The molecule has 0 aliphatic heterocycles. The average Bonchev–Trinajstić information content (AvgIpc) is 2.91. The molecule has 0 aliphatic carbocycles. The van der Waals surface area contributed by atoms with Crippen LogP contribution in [0.1, 0.15) is 56.2 Å². The van der Waals surface area contributed by atoms with E-state index in [1.54, 1.807) is 23.1 Å². The Morgan fingerprint density at radius 2 is 1.68 bits per heavy atom. The molecule has 0 fully saturated rings. The van der Waals surface area contributed by atoms with Gasteiger partial charge in [0.1, 0.15) is 11.8 Å². The lowest BCUT2D eigenvalue weighted by molar-refractivity contribution is -0.142. The molecule has 2 amide bonds. The van der Waals surface area contributed by atoms with Gasteiger partial charge in [0.2, 0.25) is 5.91 Å². The van der Waals surface area contributed by atoms with Crippen molar-refractivity contribution in [2.45, 2.75) is 58.5 Å². The molecule has 202 valence electrons. The zero-order chi connectivity index (χ0) is 27.5. The molecule has 3 aromatic carbocycles. The molecule has 3 rings (SSSR count). The van der Waals surface area contributed by atoms with Crippen LogP contribution in [0.4, 0.5) is 0 Å². The number of benzene rings is 3. The van der Waals surface area contributed by atoms with Gasteiger partial charge in [0.25, 0.3) is 5.91 Å². The first-order chi connectivity index (χ1) is 18.3. The maximum atomic E-state index is 13.7. The number of hydrogen-bond donors (Lipinski definition) is 1. The van der Waals surface area contributed by atoms with Crippen molar-refractivity contribution in [1.29, 1.82) is 0 Å². The Morgan fingerprint density at radius 3 is 2.32 bits per heavy atom. The fraction of sp³-hybridized carbons (Fsp3) is 0.355. The molecule has 38 heavy (non-hydrogen) atoms. The Hall–Kier alpha value is -3.02. The smallest absolute Gasteiger partial charge is 0.261 e. The normalized spacial score (nSPS) is 11.7. The molecule has 0 bridgehead atoms. The monoisotopic (exact) mass is 554 g/mol. The van der Waals surface area contributed by atoms with Gasteiger partial charge in [-0.1, -0.05) is 98.9 Å². The lowest BCUT2D eigenvalue weighted by Gasteiger charge is -2.31. The van der Waals surface area contributed by atoms with Crippen LogP contribution in [-0.4, -0.2) is 35.9 Å². The Morgan fingerprint density at radius 1 is 0.974 bits per heavy atom. The van der Waals surface area contributed by atoms with Crippen molar-refractivity contribution < 1.29 is 14.3 Å². The molecule has 0 aromatic heterocycles. The number of nitrogens with one attached hydrogen (secondary N) is 1. The van der Waals surface area contributed by atoms with Crippen molar-refractivity contribution in [3.05, 3.63) is 99.5 Å². The van der Waals surface area contributed by atoms with Gasteiger partial charge >= 0.3 is 0 Å². The molecule has 1 N–H and O–H groups in total. The highest BCUT2D eigenvalue weighted by Crippen LogP contribution is 2.25. The first kappa shape index (κ1) is 29.5. The highest BCUT2D eigenvalue weighted by molar-refractivity contribution is 6.35. The number of ether oxygens (including phenoxy) is 1. The first-order valence-corrected chi connectivity index (χ1v) is 13.8. The zero-order valence-corrected chi connectivity index (χ0v) is 23.8. The molecule has 3 aromatic rings. The van der Waals surface area contributed by atoms with Gasteiger partial charge in [-0.05, 0) is 53.3 Å². The number of carbonyl (C=O) groups excluding carboxylic acids is 2. The highest BCUT2D eigenvalue weighted by atomic mass is 35.5. The topological polar surface area (TPSA) is 58.6 Å². The third-order valence-electron chi connectivity index (χ3n) is 6.37. The Labute approximate surface area is 236 Å². The maximum Gasteiger partial charge on any atom is 0.261 e. The summed E-state index contributed by atoms with van der Waals surface area (Å²) in [6.07, 6.45) is 2.17. The van der Waals surface area contributed by atoms with Gasteiger partial charge in [0.15, 0.2) is 6.61 Å². The summed E-state index contributed by atoms with van der Waals surface area (Å²) in [5.41, 5.74) is 2.84. The number of carbonyl (C=O) groups is 2. The summed E-state index contributed by atoms with van der Waals surface area (Å²) < 4.78 is 5.87. The van der Waals surface area contributed by atoms with E-state index in [9.17, 15) is 9.59 Å². The van der Waals surface area contributed by atoms with Crippen LogP contribution in [0.25, 0.3) is 0 Å². The van der Waals surface area contributed by atoms with Gasteiger partial charge in [-0.3, -0.25) is 9.59 Å². The van der Waals surface area contributed by atoms with Crippen LogP contribution in [0.3, 0.4) is 0 Å². The third-order valence-corrected chi connectivity index (χ3v) is 6.95. The number of amides is 2. The predicted molar refractivity (Wildman–Crippen MR) is 155 cm³/mol. The van der Waals surface area contributed by atoms with Crippen molar-refractivity contribution in [3.63, 3.8) is 0 Å². The molecular formula is C31H36Cl2N2O3. The number of rotatable bonds is 13. The van der Waals surface area contributed by atoms with Gasteiger partial charge in [-0.25, -0.2) is 0 Å². The minimum atomic E-state index is -0.750. The van der Waals surface area contributed by atoms with E-state index in [2.05, 4.69) is 26.1 Å². The summed E-state index contributed by atoms with van der Waals surface area (Å²) in [6.45, 7) is 6.79. The van der Waals surface area contributed by atoms with Crippen LogP contribution in [0.2, 0.25) is 10.0 Å². The number of hydrogen-bond acceptors (Lipinski definition) is 3. The van der Waals surface area contributed by atoms with Crippen molar-refractivity contribution >= 4 is 35.0 Å². The molecular weight excluding hydrogens is 519 g/mol. The minimum Gasteiger partial charge on any atom is -0.484 e. The first-order valence-electron chi connectivity index (χ1n) is 13.1. The van der Waals surface area contributed by atoms with Crippen LogP contribution >= 0.6 is 23.2 Å². The second-order valence-corrected chi connectivity index (χ2v) is 10.5. The second kappa shape index (κ2) is 14.8. The van der Waals surface area contributed by atoms with E-state index in [-0.39, 0.29) is 25.0 Å². The quantitative estimate of drug-likeness (QED) is 0.230. The van der Waals surface area contributed by atoms with Crippen LogP contribution in [-0.2, 0) is 22.6 Å². The van der Waals surface area contributed by atoms with Gasteiger partial charge in [0, 0.05) is 29.6 Å². The molecule has 0 aliphatic rings. The van der Waals surface area contributed by atoms with Crippen LogP contribution < -0.4 is 10.1 Å². The van der Waals surface area contributed by atoms with E-state index in [4.69, 9.17) is 27.9 Å². The molecule has 0 saturated heterocycles. The van der Waals surface area contributed by atoms with Crippen molar-refractivity contribution in [3.8, 4) is 5.75 Å². The predicted octanol–water partition coefficient (Wildman–Crippen LogP) is 7.05. The lowest BCUT2D eigenvalue weighted by atomic mass is 10.0. The number of halogens is 2. The van der Waals surface area contributed by atoms with Crippen LogP contribution in [0.5, 0.6) is 5.75 Å².